The lowest BCUT2D eigenvalue weighted by Gasteiger charge is -2.06. The zero-order valence-corrected chi connectivity index (χ0v) is 9.71. The molecule has 5 nitrogen and oxygen atoms in total. The quantitative estimate of drug-likeness (QED) is 0.743. The molecule has 17 heavy (non-hydrogen) atoms. The van der Waals surface area contributed by atoms with Crippen molar-refractivity contribution in [3.63, 3.8) is 0 Å². The summed E-state index contributed by atoms with van der Waals surface area (Å²) in [6.45, 7) is 1.91. The number of rotatable bonds is 6. The number of anilines is 2. The average Bonchev–Trinajstić information content (AvgIpc) is 2.82. The molecule has 2 aromatic rings. The van der Waals surface area contributed by atoms with E-state index in [2.05, 4.69) is 19.9 Å². The Bertz CT molecular complexity index is 438. The van der Waals surface area contributed by atoms with Gasteiger partial charge in [0.2, 0.25) is 0 Å². The summed E-state index contributed by atoms with van der Waals surface area (Å²) in [7, 11) is 0. The van der Waals surface area contributed by atoms with Gasteiger partial charge in [-0.2, -0.15) is 0 Å². The first-order valence-corrected chi connectivity index (χ1v) is 5.77. The van der Waals surface area contributed by atoms with Crippen molar-refractivity contribution in [3.05, 3.63) is 36.9 Å². The molecule has 0 unspecified atom stereocenters. The second kappa shape index (κ2) is 5.89. The van der Waals surface area contributed by atoms with Crippen LogP contribution in [0.5, 0.6) is 0 Å². The fraction of sp³-hybridized carbons (Fsp3) is 0.333. The maximum absolute atomic E-state index is 5.59. The van der Waals surface area contributed by atoms with Gasteiger partial charge in [0, 0.05) is 25.5 Å². The van der Waals surface area contributed by atoms with Gasteiger partial charge in [0.25, 0.3) is 0 Å². The lowest BCUT2D eigenvalue weighted by Crippen LogP contribution is -2.05. The summed E-state index contributed by atoms with van der Waals surface area (Å²) in [5, 5.41) is 3.25. The maximum atomic E-state index is 5.59. The Morgan fingerprint density at radius 1 is 1.29 bits per heavy atom. The van der Waals surface area contributed by atoms with Crippen LogP contribution in [-0.4, -0.2) is 21.1 Å². The van der Waals surface area contributed by atoms with Crippen LogP contribution < -0.4 is 11.1 Å². The van der Waals surface area contributed by atoms with Crippen LogP contribution in [0.15, 0.2) is 36.9 Å². The summed E-state index contributed by atoms with van der Waals surface area (Å²) in [5.41, 5.74) is 5.59. The van der Waals surface area contributed by atoms with Gasteiger partial charge in [0.15, 0.2) is 0 Å². The van der Waals surface area contributed by atoms with Crippen molar-refractivity contribution >= 4 is 11.6 Å². The lowest BCUT2D eigenvalue weighted by molar-refractivity contribution is 0.621. The van der Waals surface area contributed by atoms with Crippen molar-refractivity contribution in [1.29, 1.82) is 0 Å². The minimum atomic E-state index is 0.549. The molecular weight excluding hydrogens is 214 g/mol. The summed E-state index contributed by atoms with van der Waals surface area (Å²) in [6.07, 6.45) is 7.83. The normalized spacial score (nSPS) is 10.4. The first-order valence-electron chi connectivity index (χ1n) is 5.77. The molecule has 0 radical (unpaired) electrons. The largest absolute Gasteiger partial charge is 0.384 e. The number of nitrogens with two attached hydrogens (primary N) is 1. The highest BCUT2D eigenvalue weighted by molar-refractivity contribution is 5.41. The molecule has 0 atom stereocenters. The monoisotopic (exact) mass is 231 g/mol. The minimum Gasteiger partial charge on any atom is -0.384 e. The van der Waals surface area contributed by atoms with Crippen molar-refractivity contribution in [2.75, 3.05) is 17.6 Å². The molecule has 5 heteroatoms. The molecule has 2 heterocycles. The summed E-state index contributed by atoms with van der Waals surface area (Å²) in [6, 6.07) is 5.60. The van der Waals surface area contributed by atoms with Crippen molar-refractivity contribution in [3.8, 4) is 0 Å². The molecule has 0 amide bonds. The predicted molar refractivity (Wildman–Crippen MR) is 68.6 cm³/mol. The van der Waals surface area contributed by atoms with Crippen LogP contribution in [0.25, 0.3) is 0 Å². The third kappa shape index (κ3) is 3.79. The predicted octanol–water partition coefficient (Wildman–Crippen LogP) is 1.75. The van der Waals surface area contributed by atoms with E-state index in [0.717, 1.165) is 31.7 Å². The van der Waals surface area contributed by atoms with Crippen LogP contribution in [-0.2, 0) is 6.54 Å². The van der Waals surface area contributed by atoms with Gasteiger partial charge in [0.1, 0.15) is 11.6 Å². The molecular formula is C12H17N5. The standard InChI is InChI=1S/C12H17N5/c13-11-4-3-5-12(16-11)15-6-1-2-8-17-9-7-14-10-17/h3-5,7,9-10H,1-2,6,8H2,(H3,13,15,16). The summed E-state index contributed by atoms with van der Waals surface area (Å²) in [4.78, 5) is 8.17. The molecule has 0 fully saturated rings. The van der Waals surface area contributed by atoms with Gasteiger partial charge in [-0.05, 0) is 25.0 Å². The van der Waals surface area contributed by atoms with Crippen LogP contribution in [0.1, 0.15) is 12.8 Å². The van der Waals surface area contributed by atoms with Crippen LogP contribution in [0.3, 0.4) is 0 Å². The third-order valence-electron chi connectivity index (χ3n) is 2.48. The van der Waals surface area contributed by atoms with Crippen LogP contribution in [0.4, 0.5) is 11.6 Å². The fourth-order valence-corrected chi connectivity index (χ4v) is 1.60. The van der Waals surface area contributed by atoms with Crippen LogP contribution in [0, 0.1) is 0 Å². The van der Waals surface area contributed by atoms with Gasteiger partial charge in [-0.3, -0.25) is 0 Å². The molecule has 3 N–H and O–H groups in total. The molecule has 90 valence electrons. The van der Waals surface area contributed by atoms with E-state index in [1.807, 2.05) is 24.7 Å². The van der Waals surface area contributed by atoms with E-state index in [-0.39, 0.29) is 0 Å². The summed E-state index contributed by atoms with van der Waals surface area (Å²) >= 11 is 0. The lowest BCUT2D eigenvalue weighted by atomic mass is 10.3. The Hall–Kier alpha value is -2.04. The van der Waals surface area contributed by atoms with Crippen molar-refractivity contribution in [2.24, 2.45) is 0 Å². The number of unbranched alkanes of at least 4 members (excludes halogenated alkanes) is 1. The number of hydrogen-bond acceptors (Lipinski definition) is 4. The SMILES string of the molecule is Nc1cccc(NCCCCn2ccnc2)n1. The Morgan fingerprint density at radius 3 is 3.00 bits per heavy atom. The Balaban J connectivity index is 1.63. The number of aromatic nitrogens is 3. The highest BCUT2D eigenvalue weighted by Gasteiger charge is 1.94. The first kappa shape index (κ1) is 11.4. The molecule has 2 aromatic heterocycles. The van der Waals surface area contributed by atoms with Gasteiger partial charge in [-0.25, -0.2) is 9.97 Å². The average molecular weight is 231 g/mol. The number of imidazole rings is 1. The van der Waals surface area contributed by atoms with E-state index in [4.69, 9.17) is 5.73 Å². The molecule has 0 aromatic carbocycles. The number of aryl methyl sites for hydroxylation is 1. The molecule has 0 aliphatic rings. The smallest absolute Gasteiger partial charge is 0.128 e. The zero-order chi connectivity index (χ0) is 11.9. The highest BCUT2D eigenvalue weighted by atomic mass is 15.0. The third-order valence-corrected chi connectivity index (χ3v) is 2.48. The molecule has 0 saturated carbocycles. The van der Waals surface area contributed by atoms with Crippen LogP contribution in [0.2, 0.25) is 0 Å². The second-order valence-corrected chi connectivity index (χ2v) is 3.88. The van der Waals surface area contributed by atoms with E-state index in [1.54, 1.807) is 12.3 Å². The van der Waals surface area contributed by atoms with E-state index >= 15 is 0 Å². The van der Waals surface area contributed by atoms with Gasteiger partial charge in [-0.1, -0.05) is 6.07 Å². The number of nitrogens with zero attached hydrogens (tertiary/aromatic N) is 3. The van der Waals surface area contributed by atoms with Crippen LogP contribution >= 0.6 is 0 Å². The first-order chi connectivity index (χ1) is 8.34. The summed E-state index contributed by atoms with van der Waals surface area (Å²) in [5.74, 6) is 1.39. The van der Waals surface area contributed by atoms with Gasteiger partial charge < -0.3 is 15.6 Å². The Labute approximate surface area is 101 Å². The number of hydrogen-bond donors (Lipinski definition) is 2. The van der Waals surface area contributed by atoms with Crippen molar-refractivity contribution < 1.29 is 0 Å². The molecule has 0 aliphatic carbocycles. The molecule has 0 bridgehead atoms. The van der Waals surface area contributed by atoms with E-state index in [1.165, 1.54) is 0 Å². The van der Waals surface area contributed by atoms with Gasteiger partial charge in [0.05, 0.1) is 6.33 Å². The number of nitrogen functional groups attached to an aromatic ring is 1. The second-order valence-electron chi connectivity index (χ2n) is 3.88. The van der Waals surface area contributed by atoms with Crippen molar-refractivity contribution in [1.82, 2.24) is 14.5 Å². The topological polar surface area (TPSA) is 68.8 Å². The fourth-order valence-electron chi connectivity index (χ4n) is 1.60. The minimum absolute atomic E-state index is 0.549. The molecule has 0 saturated heterocycles. The van der Waals surface area contributed by atoms with Crippen molar-refractivity contribution in [2.45, 2.75) is 19.4 Å². The van der Waals surface area contributed by atoms with E-state index in [9.17, 15) is 0 Å². The van der Waals surface area contributed by atoms with Gasteiger partial charge in [-0.15, -0.1) is 0 Å². The molecule has 2 rings (SSSR count). The maximum Gasteiger partial charge on any atom is 0.128 e. The van der Waals surface area contributed by atoms with E-state index < -0.39 is 0 Å². The molecule has 0 aliphatic heterocycles. The number of nitrogens with one attached hydrogen (secondary N) is 1. The van der Waals surface area contributed by atoms with Gasteiger partial charge >= 0.3 is 0 Å². The Kier molecular flexibility index (Phi) is 3.96. The highest BCUT2D eigenvalue weighted by Crippen LogP contribution is 2.06. The Morgan fingerprint density at radius 2 is 2.24 bits per heavy atom. The number of pyridine rings is 1. The summed E-state index contributed by atoms with van der Waals surface area (Å²) < 4.78 is 2.08. The molecule has 0 spiro atoms. The van der Waals surface area contributed by atoms with E-state index in [0.29, 0.717) is 5.82 Å². The zero-order valence-electron chi connectivity index (χ0n) is 9.71.